The lowest BCUT2D eigenvalue weighted by molar-refractivity contribution is -0.116. The zero-order valence-corrected chi connectivity index (χ0v) is 16.5. The minimum absolute atomic E-state index is 0.164. The van der Waals surface area contributed by atoms with E-state index in [2.05, 4.69) is 5.32 Å². The number of aromatic nitrogens is 2. The molecule has 0 aliphatic rings. The molecule has 0 atom stereocenters. The Balaban J connectivity index is 1.55. The van der Waals surface area contributed by atoms with Crippen LogP contribution in [-0.2, 0) is 11.3 Å². The Hall–Kier alpha value is -3.12. The molecule has 0 saturated carbocycles. The molecule has 4 aromatic rings. The quantitative estimate of drug-likeness (QED) is 0.514. The van der Waals surface area contributed by atoms with Gasteiger partial charge in [0.1, 0.15) is 11.3 Å². The van der Waals surface area contributed by atoms with Gasteiger partial charge >= 0.3 is 0 Å². The Morgan fingerprint density at radius 2 is 1.93 bits per heavy atom. The van der Waals surface area contributed by atoms with Crippen LogP contribution in [0.25, 0.3) is 16.6 Å². The van der Waals surface area contributed by atoms with E-state index in [0.29, 0.717) is 34.7 Å². The molecule has 0 radical (unpaired) electrons. The molecule has 1 N–H and O–H groups in total. The summed E-state index contributed by atoms with van der Waals surface area (Å²) in [6.45, 7) is 2.20. The van der Waals surface area contributed by atoms with Gasteiger partial charge in [-0.3, -0.25) is 9.59 Å². The monoisotopic (exact) mass is 411 g/mol. The molecule has 29 heavy (non-hydrogen) atoms. The fraction of sp³-hybridized carbons (Fsp3) is 0.182. The van der Waals surface area contributed by atoms with Crippen LogP contribution in [0, 0.1) is 12.7 Å². The van der Waals surface area contributed by atoms with Crippen LogP contribution in [0.4, 0.5) is 10.1 Å². The summed E-state index contributed by atoms with van der Waals surface area (Å²) in [7, 11) is 0. The van der Waals surface area contributed by atoms with Gasteiger partial charge in [0.15, 0.2) is 0 Å². The van der Waals surface area contributed by atoms with Gasteiger partial charge < -0.3 is 14.3 Å². The van der Waals surface area contributed by atoms with Crippen LogP contribution >= 0.6 is 11.6 Å². The number of hydrogen-bond acceptors (Lipinski definition) is 2. The van der Waals surface area contributed by atoms with Gasteiger partial charge in [-0.15, -0.1) is 0 Å². The van der Waals surface area contributed by atoms with Gasteiger partial charge in [-0.2, -0.15) is 0 Å². The fourth-order valence-electron chi connectivity index (χ4n) is 3.49. The Morgan fingerprint density at radius 1 is 1.10 bits per heavy atom. The van der Waals surface area contributed by atoms with E-state index in [-0.39, 0.29) is 17.9 Å². The highest BCUT2D eigenvalue weighted by Crippen LogP contribution is 2.21. The van der Waals surface area contributed by atoms with Gasteiger partial charge in [-0.05, 0) is 61.4 Å². The van der Waals surface area contributed by atoms with E-state index in [4.69, 9.17) is 11.6 Å². The molecule has 0 aliphatic carbocycles. The van der Waals surface area contributed by atoms with E-state index in [1.807, 2.05) is 13.0 Å². The van der Waals surface area contributed by atoms with Crippen molar-refractivity contribution in [3.05, 3.63) is 81.5 Å². The van der Waals surface area contributed by atoms with Crippen LogP contribution in [-0.4, -0.2) is 14.9 Å². The maximum atomic E-state index is 13.8. The van der Waals surface area contributed by atoms with E-state index in [1.165, 1.54) is 16.7 Å². The maximum absolute atomic E-state index is 13.8. The summed E-state index contributed by atoms with van der Waals surface area (Å²) in [5, 5.41) is 3.40. The Bertz CT molecular complexity index is 1290. The van der Waals surface area contributed by atoms with Crippen LogP contribution < -0.4 is 10.9 Å². The first-order valence-corrected chi connectivity index (χ1v) is 9.67. The summed E-state index contributed by atoms with van der Waals surface area (Å²) < 4.78 is 17.1. The minimum Gasteiger partial charge on any atom is -0.326 e. The van der Waals surface area contributed by atoms with E-state index in [0.717, 1.165) is 11.1 Å². The Morgan fingerprint density at radius 3 is 2.76 bits per heavy atom. The number of aryl methyl sites for hydroxylation is 2. The number of carbonyl (C=O) groups is 1. The van der Waals surface area contributed by atoms with E-state index >= 15 is 0 Å². The predicted molar refractivity (Wildman–Crippen MR) is 113 cm³/mol. The van der Waals surface area contributed by atoms with Crippen molar-refractivity contribution in [3.63, 3.8) is 0 Å². The van der Waals surface area contributed by atoms with E-state index in [9.17, 15) is 14.0 Å². The van der Waals surface area contributed by atoms with Crippen molar-refractivity contribution in [2.75, 3.05) is 5.32 Å². The normalized spacial score (nSPS) is 11.3. The van der Waals surface area contributed by atoms with Gasteiger partial charge in [0.2, 0.25) is 5.91 Å². The maximum Gasteiger partial charge on any atom is 0.275 e. The summed E-state index contributed by atoms with van der Waals surface area (Å²) in [4.78, 5) is 25.2. The number of benzene rings is 2. The van der Waals surface area contributed by atoms with Crippen molar-refractivity contribution in [3.8, 4) is 0 Å². The molecular weight excluding hydrogens is 393 g/mol. The Kier molecular flexibility index (Phi) is 5.11. The first kappa shape index (κ1) is 19.2. The number of nitrogens with zero attached hydrogens (tertiary/aromatic N) is 2. The standard InChI is InChI=1S/C22H19ClFN3O2/c1-14-6-7-15(23)12-17(14)25-21(28)5-3-11-27-20-13-16(24)8-9-18(20)26-10-2-4-19(26)22(27)29/h2,4,6-10,12-13H,3,5,11H2,1H3,(H,25,28). The van der Waals surface area contributed by atoms with Gasteiger partial charge in [0.25, 0.3) is 5.56 Å². The van der Waals surface area contributed by atoms with Crippen molar-refractivity contribution < 1.29 is 9.18 Å². The summed E-state index contributed by atoms with van der Waals surface area (Å²) in [5.41, 5.74) is 3.14. The molecule has 5 nitrogen and oxygen atoms in total. The third-order valence-corrected chi connectivity index (χ3v) is 5.20. The van der Waals surface area contributed by atoms with Crippen molar-refractivity contribution in [1.29, 1.82) is 0 Å². The van der Waals surface area contributed by atoms with Crippen LogP contribution in [0.3, 0.4) is 0 Å². The molecule has 0 aliphatic heterocycles. The van der Waals surface area contributed by atoms with Crippen LogP contribution in [0.5, 0.6) is 0 Å². The van der Waals surface area contributed by atoms with Gasteiger partial charge in [0, 0.05) is 29.9 Å². The highest BCUT2D eigenvalue weighted by molar-refractivity contribution is 6.31. The molecular formula is C22H19ClFN3O2. The SMILES string of the molecule is Cc1ccc(Cl)cc1NC(=O)CCCn1c(=O)c2cccn2c2ccc(F)cc21. The zero-order valence-electron chi connectivity index (χ0n) is 15.8. The topological polar surface area (TPSA) is 55.5 Å². The summed E-state index contributed by atoms with van der Waals surface area (Å²) >= 11 is 5.99. The first-order chi connectivity index (χ1) is 13.9. The molecule has 0 unspecified atom stereocenters. The largest absolute Gasteiger partial charge is 0.326 e. The lowest BCUT2D eigenvalue weighted by Crippen LogP contribution is -2.23. The molecule has 0 saturated heterocycles. The zero-order chi connectivity index (χ0) is 20.5. The molecule has 4 rings (SSSR count). The van der Waals surface area contributed by atoms with E-state index in [1.54, 1.807) is 40.9 Å². The minimum atomic E-state index is -0.411. The number of nitrogens with one attached hydrogen (secondary N) is 1. The number of amides is 1. The van der Waals surface area contributed by atoms with Crippen molar-refractivity contribution in [1.82, 2.24) is 8.97 Å². The fourth-order valence-corrected chi connectivity index (χ4v) is 3.66. The van der Waals surface area contributed by atoms with Gasteiger partial charge in [-0.25, -0.2) is 4.39 Å². The molecule has 1 amide bonds. The molecule has 0 spiro atoms. The number of rotatable bonds is 5. The van der Waals surface area contributed by atoms with Crippen LogP contribution in [0.2, 0.25) is 5.02 Å². The number of fused-ring (bicyclic) bond motifs is 3. The number of hydrogen-bond donors (Lipinski definition) is 1. The molecule has 0 bridgehead atoms. The molecule has 2 aromatic carbocycles. The Labute approximate surface area is 171 Å². The molecule has 0 fully saturated rings. The summed E-state index contributed by atoms with van der Waals surface area (Å²) in [6.07, 6.45) is 2.44. The summed E-state index contributed by atoms with van der Waals surface area (Å²) in [6, 6.07) is 13.2. The first-order valence-electron chi connectivity index (χ1n) is 9.29. The molecule has 7 heteroatoms. The van der Waals surface area contributed by atoms with Crippen molar-refractivity contribution >= 4 is 39.7 Å². The average molecular weight is 412 g/mol. The van der Waals surface area contributed by atoms with Crippen LogP contribution in [0.15, 0.2) is 59.5 Å². The van der Waals surface area contributed by atoms with Gasteiger partial charge in [0.05, 0.1) is 11.0 Å². The highest BCUT2D eigenvalue weighted by atomic mass is 35.5. The molecule has 2 aromatic heterocycles. The third kappa shape index (κ3) is 3.76. The second-order valence-corrected chi connectivity index (χ2v) is 7.40. The number of halogens is 2. The predicted octanol–water partition coefficient (Wildman–Crippen LogP) is 4.77. The van der Waals surface area contributed by atoms with Crippen molar-refractivity contribution in [2.45, 2.75) is 26.3 Å². The smallest absolute Gasteiger partial charge is 0.275 e. The molecule has 148 valence electrons. The van der Waals surface area contributed by atoms with Crippen molar-refractivity contribution in [2.24, 2.45) is 0 Å². The average Bonchev–Trinajstić information content (AvgIpc) is 3.17. The number of carbonyl (C=O) groups excluding carboxylic acids is 1. The molecule has 2 heterocycles. The highest BCUT2D eigenvalue weighted by Gasteiger charge is 2.12. The van der Waals surface area contributed by atoms with Gasteiger partial charge in [-0.1, -0.05) is 17.7 Å². The lowest BCUT2D eigenvalue weighted by Gasteiger charge is -2.13. The lowest BCUT2D eigenvalue weighted by atomic mass is 10.2. The second kappa shape index (κ2) is 7.72. The third-order valence-electron chi connectivity index (χ3n) is 4.96. The summed E-state index contributed by atoms with van der Waals surface area (Å²) in [5.74, 6) is -0.575. The van der Waals surface area contributed by atoms with E-state index < -0.39 is 5.82 Å². The number of anilines is 1. The second-order valence-electron chi connectivity index (χ2n) is 6.96. The van der Waals surface area contributed by atoms with Crippen LogP contribution in [0.1, 0.15) is 18.4 Å².